The summed E-state index contributed by atoms with van der Waals surface area (Å²) in [6.45, 7) is 4.13. The Hall–Kier alpha value is -2.75. The van der Waals surface area contributed by atoms with E-state index in [1.807, 2.05) is 56.3 Å². The second-order valence-corrected chi connectivity index (χ2v) is 12.1. The van der Waals surface area contributed by atoms with Crippen LogP contribution in [0.1, 0.15) is 23.1 Å². The number of sulfonamides is 1. The highest BCUT2D eigenvalue weighted by Gasteiger charge is 2.26. The third-order valence-electron chi connectivity index (χ3n) is 5.76. The van der Waals surface area contributed by atoms with E-state index < -0.39 is 10.0 Å². The maximum atomic E-state index is 13.9. The van der Waals surface area contributed by atoms with Gasteiger partial charge in [-0.05, 0) is 91.9 Å². The smallest absolute Gasteiger partial charge is 0.264 e. The molecule has 9 heteroatoms. The second-order valence-electron chi connectivity index (χ2n) is 8.54. The molecule has 1 aromatic heterocycles. The minimum atomic E-state index is -3.93. The first-order chi connectivity index (χ1) is 17.1. The Morgan fingerprint density at radius 1 is 0.917 bits per heavy atom. The van der Waals surface area contributed by atoms with Crippen molar-refractivity contribution in [3.63, 3.8) is 0 Å². The molecule has 3 aromatic carbocycles. The summed E-state index contributed by atoms with van der Waals surface area (Å²) in [6, 6.07) is 18.4. The van der Waals surface area contributed by atoms with Crippen molar-refractivity contribution in [1.82, 2.24) is 10.3 Å². The molecular formula is C27H25Br2N3O3S. The molecule has 6 nitrogen and oxygen atoms in total. The zero-order chi connectivity index (χ0) is 25.9. The molecule has 0 aliphatic carbocycles. The summed E-state index contributed by atoms with van der Waals surface area (Å²) >= 11 is 6.88. The summed E-state index contributed by atoms with van der Waals surface area (Å²) < 4.78 is 30.6. The normalized spacial score (nSPS) is 11.4. The molecule has 1 N–H and O–H groups in total. The highest BCUT2D eigenvalue weighted by molar-refractivity contribution is 9.11. The van der Waals surface area contributed by atoms with E-state index >= 15 is 0 Å². The van der Waals surface area contributed by atoms with Crippen LogP contribution in [0, 0.1) is 13.8 Å². The number of nitrogens with one attached hydrogen (secondary N) is 1. The molecule has 0 unspecified atom stereocenters. The van der Waals surface area contributed by atoms with E-state index in [2.05, 4.69) is 42.2 Å². The van der Waals surface area contributed by atoms with Crippen molar-refractivity contribution in [3.05, 3.63) is 98.7 Å². The highest BCUT2D eigenvalue weighted by atomic mass is 79.9. The summed E-state index contributed by atoms with van der Waals surface area (Å²) in [5.41, 5.74) is 3.28. The number of nitrogens with zero attached hydrogens (tertiary/aromatic N) is 2. The molecule has 4 rings (SSSR count). The van der Waals surface area contributed by atoms with Crippen LogP contribution in [0.2, 0.25) is 0 Å². The summed E-state index contributed by atoms with van der Waals surface area (Å²) in [5.74, 6) is -0.256. The van der Waals surface area contributed by atoms with Gasteiger partial charge in [0.25, 0.3) is 10.0 Å². The van der Waals surface area contributed by atoms with E-state index in [4.69, 9.17) is 0 Å². The third kappa shape index (κ3) is 5.96. The van der Waals surface area contributed by atoms with Gasteiger partial charge in [0, 0.05) is 46.4 Å². The summed E-state index contributed by atoms with van der Waals surface area (Å²) in [4.78, 5) is 17.0. The Morgan fingerprint density at radius 2 is 1.56 bits per heavy atom. The molecular weight excluding hydrogens is 606 g/mol. The van der Waals surface area contributed by atoms with Crippen LogP contribution in [0.3, 0.4) is 0 Å². The van der Waals surface area contributed by atoms with Crippen LogP contribution in [-0.2, 0) is 21.4 Å². The van der Waals surface area contributed by atoms with Crippen LogP contribution >= 0.6 is 31.9 Å². The molecule has 0 radical (unpaired) electrons. The number of halogens is 2. The Bertz CT molecular complexity index is 1500. The minimum Gasteiger partial charge on any atom is -0.352 e. The van der Waals surface area contributed by atoms with Gasteiger partial charge < -0.3 is 5.32 Å². The van der Waals surface area contributed by atoms with E-state index in [1.54, 1.807) is 30.6 Å². The molecule has 0 fully saturated rings. The molecule has 36 heavy (non-hydrogen) atoms. The third-order valence-corrected chi connectivity index (χ3v) is 8.95. The van der Waals surface area contributed by atoms with Gasteiger partial charge in [-0.2, -0.15) is 0 Å². The first-order valence-electron chi connectivity index (χ1n) is 11.3. The zero-order valence-corrected chi connectivity index (χ0v) is 23.8. The molecule has 0 spiro atoms. The fourth-order valence-corrected chi connectivity index (χ4v) is 6.72. The predicted molar refractivity (Wildman–Crippen MR) is 150 cm³/mol. The number of carbonyl (C=O) groups excluding carboxylic acids is 1. The number of pyridine rings is 1. The van der Waals surface area contributed by atoms with Crippen LogP contribution in [0.4, 0.5) is 5.69 Å². The van der Waals surface area contributed by atoms with Crippen LogP contribution in [-0.4, -0.2) is 25.9 Å². The zero-order valence-electron chi connectivity index (χ0n) is 19.8. The van der Waals surface area contributed by atoms with Gasteiger partial charge in [-0.1, -0.05) is 36.4 Å². The Kier molecular flexibility index (Phi) is 8.12. The maximum Gasteiger partial charge on any atom is 0.264 e. The molecule has 0 aliphatic heterocycles. The number of rotatable bonds is 8. The van der Waals surface area contributed by atoms with Gasteiger partial charge in [0.2, 0.25) is 5.91 Å². The van der Waals surface area contributed by atoms with Gasteiger partial charge in [-0.25, -0.2) is 8.42 Å². The summed E-state index contributed by atoms with van der Waals surface area (Å²) in [5, 5.41) is 4.68. The van der Waals surface area contributed by atoms with Gasteiger partial charge in [-0.15, -0.1) is 0 Å². The lowest BCUT2D eigenvalue weighted by molar-refractivity contribution is -0.121. The fourth-order valence-electron chi connectivity index (χ4n) is 4.02. The van der Waals surface area contributed by atoms with Crippen LogP contribution in [0.15, 0.2) is 86.9 Å². The monoisotopic (exact) mass is 629 g/mol. The summed E-state index contributed by atoms with van der Waals surface area (Å²) in [7, 11) is -3.93. The molecule has 0 saturated heterocycles. The van der Waals surface area contributed by atoms with Gasteiger partial charge in [-0.3, -0.25) is 14.1 Å². The van der Waals surface area contributed by atoms with Gasteiger partial charge in [0.15, 0.2) is 0 Å². The van der Waals surface area contributed by atoms with Crippen molar-refractivity contribution in [2.45, 2.75) is 31.7 Å². The number of hydrogen-bond donors (Lipinski definition) is 1. The van der Waals surface area contributed by atoms with Crippen LogP contribution in [0.5, 0.6) is 0 Å². The quantitative estimate of drug-likeness (QED) is 0.249. The molecule has 0 bridgehead atoms. The molecule has 0 saturated carbocycles. The molecule has 4 aromatic rings. The predicted octanol–water partition coefficient (Wildman–Crippen LogP) is 6.28. The van der Waals surface area contributed by atoms with Crippen molar-refractivity contribution < 1.29 is 13.2 Å². The average Bonchev–Trinajstić information content (AvgIpc) is 2.83. The molecule has 1 amide bonds. The van der Waals surface area contributed by atoms with Crippen LogP contribution in [0.25, 0.3) is 10.8 Å². The molecule has 0 aliphatic rings. The second kappa shape index (κ2) is 11.1. The Morgan fingerprint density at radius 3 is 2.22 bits per heavy atom. The number of aryl methyl sites for hydroxylation is 2. The van der Waals surface area contributed by atoms with Gasteiger partial charge >= 0.3 is 0 Å². The van der Waals surface area contributed by atoms with E-state index in [9.17, 15) is 13.2 Å². The minimum absolute atomic E-state index is 0.000121. The SMILES string of the molecule is Cc1cc(C)cc(N(CCC(=O)NCc2c(Br)cncc2Br)S(=O)(=O)c2ccc3ccccc3c2)c1. The first kappa shape index (κ1) is 26.3. The van der Waals surface area contributed by atoms with Crippen molar-refractivity contribution in [2.75, 3.05) is 10.8 Å². The average molecular weight is 631 g/mol. The highest BCUT2D eigenvalue weighted by Crippen LogP contribution is 2.28. The maximum absolute atomic E-state index is 13.9. The van der Waals surface area contributed by atoms with Crippen molar-refractivity contribution in [1.29, 1.82) is 0 Å². The number of aromatic nitrogens is 1. The lowest BCUT2D eigenvalue weighted by atomic mass is 10.1. The largest absolute Gasteiger partial charge is 0.352 e. The standard InChI is InChI=1S/C27H25Br2N3O3S/c1-18-11-19(2)13-22(12-18)32(10-9-27(33)31-15-24-25(28)16-30-17-26(24)29)36(34,35)23-8-7-20-5-3-4-6-21(20)14-23/h3-8,11-14,16-17H,9-10,15H2,1-2H3,(H,31,33). The van der Waals surface area contributed by atoms with Crippen molar-refractivity contribution in [2.24, 2.45) is 0 Å². The van der Waals surface area contributed by atoms with Crippen molar-refractivity contribution in [3.8, 4) is 0 Å². The van der Waals surface area contributed by atoms with E-state index in [0.29, 0.717) is 5.69 Å². The molecule has 0 atom stereocenters. The van der Waals surface area contributed by atoms with Crippen LogP contribution < -0.4 is 9.62 Å². The topological polar surface area (TPSA) is 79.4 Å². The Labute approximate surface area is 228 Å². The lowest BCUT2D eigenvalue weighted by Gasteiger charge is -2.25. The number of anilines is 1. The first-order valence-corrected chi connectivity index (χ1v) is 14.3. The lowest BCUT2D eigenvalue weighted by Crippen LogP contribution is -2.35. The van der Waals surface area contributed by atoms with E-state index in [1.165, 1.54) is 4.31 Å². The molecule has 186 valence electrons. The van der Waals surface area contributed by atoms with E-state index in [0.717, 1.165) is 36.4 Å². The van der Waals surface area contributed by atoms with Gasteiger partial charge in [0.1, 0.15) is 0 Å². The van der Waals surface area contributed by atoms with E-state index in [-0.39, 0.29) is 30.3 Å². The number of carbonyl (C=O) groups is 1. The Balaban J connectivity index is 1.60. The number of amides is 1. The fraction of sp³-hybridized carbons (Fsp3) is 0.185. The molecule has 1 heterocycles. The number of benzene rings is 3. The summed E-state index contributed by atoms with van der Waals surface area (Å²) in [6.07, 6.45) is 3.31. The number of hydrogen-bond acceptors (Lipinski definition) is 4. The van der Waals surface area contributed by atoms with Crippen molar-refractivity contribution >= 4 is 64.3 Å². The number of fused-ring (bicyclic) bond motifs is 1. The van der Waals surface area contributed by atoms with Gasteiger partial charge in [0.05, 0.1) is 10.6 Å².